The Morgan fingerprint density at radius 1 is 1.00 bits per heavy atom. The van der Waals surface area contributed by atoms with E-state index < -0.39 is 11.9 Å². The van der Waals surface area contributed by atoms with E-state index in [4.69, 9.17) is 21.1 Å². The Hall–Kier alpha value is -4.17. The Morgan fingerprint density at radius 2 is 1.72 bits per heavy atom. The number of halogens is 1. The Kier molecular flexibility index (Phi) is 7.65. The standard InChI is InChI=1S/C27H23ClN2O6/c1-35-24-12-9-20(28)14-22(24)30-15-19(13-25(30)32)26(33)29-21-10-7-18(8-11-21)27(34)36-16-23(31)17-5-3-2-4-6-17/h2-12,14,19H,13,15-16H2,1H3,(H,29,33)/t19-/m0/s1. The molecule has 8 nitrogen and oxygen atoms in total. The first-order valence-corrected chi connectivity index (χ1v) is 11.5. The molecule has 0 unspecified atom stereocenters. The SMILES string of the molecule is COc1ccc(Cl)cc1N1C[C@@H](C(=O)Nc2ccc(C(=O)OCC(=O)c3ccccc3)cc2)CC1=O. The lowest BCUT2D eigenvalue weighted by molar-refractivity contribution is -0.122. The Labute approximate surface area is 212 Å². The third-order valence-corrected chi connectivity index (χ3v) is 5.98. The number of ketones is 1. The van der Waals surface area contributed by atoms with Gasteiger partial charge in [-0.2, -0.15) is 0 Å². The van der Waals surface area contributed by atoms with Crippen LogP contribution in [0.3, 0.4) is 0 Å². The fourth-order valence-electron chi connectivity index (χ4n) is 3.85. The molecule has 0 bridgehead atoms. The average molecular weight is 507 g/mol. The molecule has 0 spiro atoms. The third kappa shape index (κ3) is 5.72. The topological polar surface area (TPSA) is 102 Å². The summed E-state index contributed by atoms with van der Waals surface area (Å²) in [7, 11) is 1.50. The number of nitrogens with zero attached hydrogens (tertiary/aromatic N) is 1. The van der Waals surface area contributed by atoms with Gasteiger partial charge in [0.1, 0.15) is 5.75 Å². The molecule has 1 N–H and O–H groups in total. The first kappa shape index (κ1) is 24.9. The summed E-state index contributed by atoms with van der Waals surface area (Å²) in [4.78, 5) is 51.3. The quantitative estimate of drug-likeness (QED) is 0.359. The molecule has 1 fully saturated rings. The fraction of sp³-hybridized carbons (Fsp3) is 0.185. The number of anilines is 2. The second kappa shape index (κ2) is 11.0. The van der Waals surface area contributed by atoms with Crippen LogP contribution in [0.2, 0.25) is 5.02 Å². The van der Waals surface area contributed by atoms with E-state index in [0.717, 1.165) is 0 Å². The van der Waals surface area contributed by atoms with Gasteiger partial charge in [-0.15, -0.1) is 0 Å². The Bertz CT molecular complexity index is 1290. The molecule has 184 valence electrons. The van der Waals surface area contributed by atoms with Crippen molar-refractivity contribution in [3.63, 3.8) is 0 Å². The number of ether oxygens (including phenoxy) is 2. The summed E-state index contributed by atoms with van der Waals surface area (Å²) in [5.41, 5.74) is 1.67. The minimum absolute atomic E-state index is 0.0430. The van der Waals surface area contributed by atoms with E-state index in [9.17, 15) is 19.2 Å². The van der Waals surface area contributed by atoms with Crippen LogP contribution >= 0.6 is 11.6 Å². The second-order valence-corrected chi connectivity index (χ2v) is 8.59. The van der Waals surface area contributed by atoms with Crippen molar-refractivity contribution in [2.24, 2.45) is 5.92 Å². The summed E-state index contributed by atoms with van der Waals surface area (Å²) in [6, 6.07) is 19.6. The average Bonchev–Trinajstić information content (AvgIpc) is 3.29. The number of carbonyl (C=O) groups is 4. The van der Waals surface area contributed by atoms with Crippen molar-refractivity contribution < 1.29 is 28.7 Å². The van der Waals surface area contributed by atoms with Gasteiger partial charge in [-0.3, -0.25) is 14.4 Å². The van der Waals surface area contributed by atoms with Crippen LogP contribution in [0.1, 0.15) is 27.1 Å². The first-order valence-electron chi connectivity index (χ1n) is 11.2. The molecule has 0 aromatic heterocycles. The summed E-state index contributed by atoms with van der Waals surface area (Å²) < 4.78 is 10.4. The molecule has 0 aliphatic carbocycles. The van der Waals surface area contributed by atoms with Gasteiger partial charge < -0.3 is 19.7 Å². The molecule has 1 aliphatic heterocycles. The summed E-state index contributed by atoms with van der Waals surface area (Å²) in [5.74, 6) is -1.57. The van der Waals surface area contributed by atoms with Crippen LogP contribution in [0, 0.1) is 5.92 Å². The number of carbonyl (C=O) groups excluding carboxylic acids is 4. The lowest BCUT2D eigenvalue weighted by Gasteiger charge is -2.20. The van der Waals surface area contributed by atoms with Crippen molar-refractivity contribution in [3.05, 3.63) is 88.9 Å². The summed E-state index contributed by atoms with van der Waals surface area (Å²) in [6.07, 6.45) is 0.0430. The minimum Gasteiger partial charge on any atom is -0.495 e. The lowest BCUT2D eigenvalue weighted by Crippen LogP contribution is -2.28. The number of rotatable bonds is 8. The van der Waals surface area contributed by atoms with Gasteiger partial charge in [0.05, 0.1) is 24.3 Å². The van der Waals surface area contributed by atoms with Crippen LogP contribution in [-0.2, 0) is 14.3 Å². The molecule has 0 saturated carbocycles. The zero-order chi connectivity index (χ0) is 25.7. The monoisotopic (exact) mass is 506 g/mol. The van der Waals surface area contributed by atoms with Crippen molar-refractivity contribution >= 4 is 46.5 Å². The lowest BCUT2D eigenvalue weighted by atomic mass is 10.1. The third-order valence-electron chi connectivity index (χ3n) is 5.75. The highest BCUT2D eigenvalue weighted by Crippen LogP contribution is 2.35. The molecule has 3 aromatic carbocycles. The van der Waals surface area contributed by atoms with E-state index in [1.165, 1.54) is 24.1 Å². The maximum absolute atomic E-state index is 12.8. The van der Waals surface area contributed by atoms with E-state index in [-0.39, 0.29) is 42.7 Å². The van der Waals surface area contributed by atoms with Crippen LogP contribution in [-0.4, -0.2) is 43.8 Å². The highest BCUT2D eigenvalue weighted by atomic mass is 35.5. The van der Waals surface area contributed by atoms with Crippen molar-refractivity contribution in [1.82, 2.24) is 0 Å². The predicted molar refractivity (Wildman–Crippen MR) is 135 cm³/mol. The van der Waals surface area contributed by atoms with Gasteiger partial charge in [0.25, 0.3) is 0 Å². The summed E-state index contributed by atoms with van der Waals surface area (Å²) in [5, 5.41) is 3.23. The van der Waals surface area contributed by atoms with Crippen molar-refractivity contribution in [1.29, 1.82) is 0 Å². The minimum atomic E-state index is -0.648. The van der Waals surface area contributed by atoms with E-state index in [1.807, 2.05) is 0 Å². The van der Waals surface area contributed by atoms with E-state index in [2.05, 4.69) is 5.32 Å². The van der Waals surface area contributed by atoms with Crippen molar-refractivity contribution in [2.45, 2.75) is 6.42 Å². The van der Waals surface area contributed by atoms with E-state index in [1.54, 1.807) is 60.7 Å². The van der Waals surface area contributed by atoms with Crippen LogP contribution in [0.4, 0.5) is 11.4 Å². The van der Waals surface area contributed by atoms with Gasteiger partial charge in [0.15, 0.2) is 12.4 Å². The van der Waals surface area contributed by atoms with Crippen LogP contribution in [0.15, 0.2) is 72.8 Å². The molecule has 1 heterocycles. The van der Waals surface area contributed by atoms with E-state index in [0.29, 0.717) is 27.7 Å². The highest BCUT2D eigenvalue weighted by molar-refractivity contribution is 6.31. The predicted octanol–water partition coefficient (Wildman–Crippen LogP) is 4.38. The number of benzene rings is 3. The molecule has 1 atom stereocenters. The molecule has 36 heavy (non-hydrogen) atoms. The maximum Gasteiger partial charge on any atom is 0.338 e. The summed E-state index contributed by atoms with van der Waals surface area (Å²) >= 11 is 6.08. The number of nitrogens with one attached hydrogen (secondary N) is 1. The fourth-order valence-corrected chi connectivity index (χ4v) is 4.01. The Balaban J connectivity index is 1.33. The molecule has 0 radical (unpaired) electrons. The highest BCUT2D eigenvalue weighted by Gasteiger charge is 2.36. The molecule has 9 heteroatoms. The van der Waals surface area contributed by atoms with Gasteiger partial charge >= 0.3 is 5.97 Å². The Morgan fingerprint density at radius 3 is 2.42 bits per heavy atom. The number of hydrogen-bond acceptors (Lipinski definition) is 6. The van der Waals surface area contributed by atoms with Gasteiger partial charge in [-0.25, -0.2) is 4.79 Å². The second-order valence-electron chi connectivity index (χ2n) is 8.15. The van der Waals surface area contributed by atoms with Crippen LogP contribution in [0.25, 0.3) is 0 Å². The van der Waals surface area contributed by atoms with Gasteiger partial charge in [-0.05, 0) is 42.5 Å². The van der Waals surface area contributed by atoms with Crippen LogP contribution in [0.5, 0.6) is 5.75 Å². The van der Waals surface area contributed by atoms with E-state index >= 15 is 0 Å². The van der Waals surface area contributed by atoms with Crippen molar-refractivity contribution in [3.8, 4) is 5.75 Å². The molecular weight excluding hydrogens is 484 g/mol. The van der Waals surface area contributed by atoms with Crippen LogP contribution < -0.4 is 15.0 Å². The first-order chi connectivity index (χ1) is 17.4. The molecule has 2 amide bonds. The molecule has 1 aliphatic rings. The van der Waals surface area contributed by atoms with Gasteiger partial charge in [0.2, 0.25) is 11.8 Å². The maximum atomic E-state index is 12.8. The van der Waals surface area contributed by atoms with Gasteiger partial charge in [-0.1, -0.05) is 41.9 Å². The number of methoxy groups -OCH3 is 1. The largest absolute Gasteiger partial charge is 0.495 e. The molecule has 1 saturated heterocycles. The number of hydrogen-bond donors (Lipinski definition) is 1. The molecule has 3 aromatic rings. The number of esters is 1. The number of Topliss-reactive ketones (excluding diaryl/α,β-unsaturated/α-hetero) is 1. The van der Waals surface area contributed by atoms with Gasteiger partial charge in [0, 0.05) is 29.2 Å². The number of amides is 2. The smallest absolute Gasteiger partial charge is 0.338 e. The van der Waals surface area contributed by atoms with Crippen molar-refractivity contribution in [2.75, 3.05) is 30.5 Å². The zero-order valence-electron chi connectivity index (χ0n) is 19.4. The zero-order valence-corrected chi connectivity index (χ0v) is 20.2. The molecule has 4 rings (SSSR count). The molecular formula is C27H23ClN2O6. The summed E-state index contributed by atoms with van der Waals surface area (Å²) in [6.45, 7) is -0.188. The normalized spacial score (nSPS) is 14.9.